The van der Waals surface area contributed by atoms with E-state index in [1.807, 2.05) is 19.2 Å². The second-order valence-corrected chi connectivity index (χ2v) is 4.08. The van der Waals surface area contributed by atoms with Gasteiger partial charge in [0.2, 0.25) is 0 Å². The standard InChI is InChI=1S/C15H18N2/c1-17-11-3-2-6-12-7-4-9-14-13(12)8-5-10-15(14)16/h2,4-10,17H,3,11,16H2,1H3. The molecule has 2 aromatic carbocycles. The zero-order valence-corrected chi connectivity index (χ0v) is 10.1. The molecule has 0 aliphatic carbocycles. The maximum absolute atomic E-state index is 5.97. The Morgan fingerprint density at radius 1 is 1.12 bits per heavy atom. The summed E-state index contributed by atoms with van der Waals surface area (Å²) in [4.78, 5) is 0. The molecule has 17 heavy (non-hydrogen) atoms. The number of nitrogen functional groups attached to an aromatic ring is 1. The molecule has 2 aromatic rings. The molecule has 0 aliphatic rings. The minimum absolute atomic E-state index is 0.841. The Morgan fingerprint density at radius 3 is 2.71 bits per heavy atom. The summed E-state index contributed by atoms with van der Waals surface area (Å²) >= 11 is 0. The van der Waals surface area contributed by atoms with Crippen molar-refractivity contribution in [2.45, 2.75) is 6.42 Å². The number of nitrogens with one attached hydrogen (secondary N) is 1. The third kappa shape index (κ3) is 2.66. The summed E-state index contributed by atoms with van der Waals surface area (Å²) in [6, 6.07) is 12.3. The molecular weight excluding hydrogens is 208 g/mol. The normalized spacial score (nSPS) is 11.4. The molecule has 0 saturated carbocycles. The SMILES string of the molecule is CNCCC=Cc1cccc2c(N)cccc12. The molecule has 0 aliphatic heterocycles. The summed E-state index contributed by atoms with van der Waals surface area (Å²) < 4.78 is 0. The van der Waals surface area contributed by atoms with E-state index in [0.717, 1.165) is 24.0 Å². The Balaban J connectivity index is 2.34. The van der Waals surface area contributed by atoms with Crippen molar-refractivity contribution in [2.75, 3.05) is 19.3 Å². The lowest BCUT2D eigenvalue weighted by atomic mass is 10.0. The van der Waals surface area contributed by atoms with E-state index in [1.54, 1.807) is 0 Å². The summed E-state index contributed by atoms with van der Waals surface area (Å²) in [5.74, 6) is 0. The van der Waals surface area contributed by atoms with Gasteiger partial charge in [0.1, 0.15) is 0 Å². The number of hydrogen-bond donors (Lipinski definition) is 2. The number of anilines is 1. The summed E-state index contributed by atoms with van der Waals surface area (Å²) in [6.07, 6.45) is 5.39. The van der Waals surface area contributed by atoms with Gasteiger partial charge < -0.3 is 11.1 Å². The highest BCUT2D eigenvalue weighted by atomic mass is 14.8. The molecular formula is C15H18N2. The van der Waals surface area contributed by atoms with Gasteiger partial charge in [-0.3, -0.25) is 0 Å². The lowest BCUT2D eigenvalue weighted by molar-refractivity contribution is 0.809. The number of fused-ring (bicyclic) bond motifs is 1. The smallest absolute Gasteiger partial charge is 0.0393 e. The summed E-state index contributed by atoms with van der Waals surface area (Å²) in [6.45, 7) is 1.00. The van der Waals surface area contributed by atoms with Crippen LogP contribution in [0.1, 0.15) is 12.0 Å². The molecule has 0 amide bonds. The Hall–Kier alpha value is -1.80. The van der Waals surface area contributed by atoms with Crippen molar-refractivity contribution in [3.63, 3.8) is 0 Å². The molecule has 0 fully saturated rings. The lowest BCUT2D eigenvalue weighted by Gasteiger charge is -2.04. The van der Waals surface area contributed by atoms with Crippen LogP contribution in [-0.2, 0) is 0 Å². The van der Waals surface area contributed by atoms with Gasteiger partial charge in [-0.1, -0.05) is 42.5 Å². The molecule has 0 atom stereocenters. The largest absolute Gasteiger partial charge is 0.398 e. The predicted octanol–water partition coefficient (Wildman–Crippen LogP) is 3.04. The van der Waals surface area contributed by atoms with Crippen molar-refractivity contribution >= 4 is 22.5 Å². The van der Waals surface area contributed by atoms with Crippen LogP contribution in [0.4, 0.5) is 5.69 Å². The van der Waals surface area contributed by atoms with Crippen LogP contribution < -0.4 is 11.1 Å². The third-order valence-corrected chi connectivity index (χ3v) is 2.85. The van der Waals surface area contributed by atoms with Crippen molar-refractivity contribution < 1.29 is 0 Å². The van der Waals surface area contributed by atoms with Crippen molar-refractivity contribution in [1.29, 1.82) is 0 Å². The number of benzene rings is 2. The van der Waals surface area contributed by atoms with Crippen LogP contribution in [0.2, 0.25) is 0 Å². The first-order valence-corrected chi connectivity index (χ1v) is 5.91. The molecule has 2 rings (SSSR count). The Morgan fingerprint density at radius 2 is 1.88 bits per heavy atom. The van der Waals surface area contributed by atoms with Crippen molar-refractivity contribution in [3.8, 4) is 0 Å². The van der Waals surface area contributed by atoms with E-state index < -0.39 is 0 Å². The maximum Gasteiger partial charge on any atom is 0.0393 e. The van der Waals surface area contributed by atoms with Crippen LogP contribution in [0, 0.1) is 0 Å². The van der Waals surface area contributed by atoms with Gasteiger partial charge in [-0.05, 0) is 37.0 Å². The Bertz CT molecular complexity index is 529. The molecule has 3 N–H and O–H groups in total. The maximum atomic E-state index is 5.97. The van der Waals surface area contributed by atoms with Crippen molar-refractivity contribution in [3.05, 3.63) is 48.0 Å². The molecule has 0 unspecified atom stereocenters. The van der Waals surface area contributed by atoms with Crippen LogP contribution in [0.5, 0.6) is 0 Å². The topological polar surface area (TPSA) is 38.0 Å². The summed E-state index contributed by atoms with van der Waals surface area (Å²) in [5, 5.41) is 5.47. The van der Waals surface area contributed by atoms with Gasteiger partial charge in [0.05, 0.1) is 0 Å². The monoisotopic (exact) mass is 226 g/mol. The van der Waals surface area contributed by atoms with Gasteiger partial charge in [0, 0.05) is 11.1 Å². The molecule has 2 nitrogen and oxygen atoms in total. The minimum atomic E-state index is 0.841. The fourth-order valence-corrected chi connectivity index (χ4v) is 1.94. The zero-order chi connectivity index (χ0) is 12.1. The lowest BCUT2D eigenvalue weighted by Crippen LogP contribution is -2.05. The van der Waals surface area contributed by atoms with E-state index in [0.29, 0.717) is 0 Å². The minimum Gasteiger partial charge on any atom is -0.398 e. The molecule has 0 spiro atoms. The van der Waals surface area contributed by atoms with E-state index in [2.05, 4.69) is 41.7 Å². The molecule has 0 aromatic heterocycles. The molecule has 88 valence electrons. The number of rotatable bonds is 4. The zero-order valence-electron chi connectivity index (χ0n) is 10.1. The van der Waals surface area contributed by atoms with Gasteiger partial charge in [-0.15, -0.1) is 0 Å². The van der Waals surface area contributed by atoms with Gasteiger partial charge in [0.25, 0.3) is 0 Å². The van der Waals surface area contributed by atoms with Crippen LogP contribution in [0.3, 0.4) is 0 Å². The Kier molecular flexibility index (Phi) is 3.78. The fraction of sp³-hybridized carbons (Fsp3) is 0.200. The highest BCUT2D eigenvalue weighted by molar-refractivity contribution is 5.97. The predicted molar refractivity (Wildman–Crippen MR) is 75.9 cm³/mol. The van der Waals surface area contributed by atoms with Crippen molar-refractivity contribution in [1.82, 2.24) is 5.32 Å². The quantitative estimate of drug-likeness (QED) is 0.621. The molecule has 0 bridgehead atoms. The summed E-state index contributed by atoms with van der Waals surface area (Å²) in [5.41, 5.74) is 8.04. The molecule has 0 heterocycles. The highest BCUT2D eigenvalue weighted by Crippen LogP contribution is 2.24. The fourth-order valence-electron chi connectivity index (χ4n) is 1.94. The van der Waals surface area contributed by atoms with Gasteiger partial charge in [-0.2, -0.15) is 0 Å². The highest BCUT2D eigenvalue weighted by Gasteiger charge is 1.99. The van der Waals surface area contributed by atoms with Gasteiger partial charge >= 0.3 is 0 Å². The molecule has 0 saturated heterocycles. The van der Waals surface area contributed by atoms with E-state index in [1.165, 1.54) is 10.9 Å². The first kappa shape index (κ1) is 11.7. The third-order valence-electron chi connectivity index (χ3n) is 2.85. The van der Waals surface area contributed by atoms with E-state index >= 15 is 0 Å². The number of hydrogen-bond acceptors (Lipinski definition) is 2. The van der Waals surface area contributed by atoms with Gasteiger partial charge in [-0.25, -0.2) is 0 Å². The van der Waals surface area contributed by atoms with Crippen molar-refractivity contribution in [2.24, 2.45) is 0 Å². The second kappa shape index (κ2) is 5.51. The molecule has 0 radical (unpaired) electrons. The average molecular weight is 226 g/mol. The molecule has 2 heteroatoms. The van der Waals surface area contributed by atoms with E-state index in [-0.39, 0.29) is 0 Å². The van der Waals surface area contributed by atoms with Crippen LogP contribution in [0.15, 0.2) is 42.5 Å². The van der Waals surface area contributed by atoms with E-state index in [9.17, 15) is 0 Å². The van der Waals surface area contributed by atoms with Gasteiger partial charge in [0.15, 0.2) is 0 Å². The Labute approximate surface area is 102 Å². The first-order valence-electron chi connectivity index (χ1n) is 5.91. The van der Waals surface area contributed by atoms with Crippen LogP contribution in [0.25, 0.3) is 16.8 Å². The van der Waals surface area contributed by atoms with E-state index in [4.69, 9.17) is 5.73 Å². The second-order valence-electron chi connectivity index (χ2n) is 4.08. The average Bonchev–Trinajstić information content (AvgIpc) is 2.36. The van der Waals surface area contributed by atoms with Crippen LogP contribution in [-0.4, -0.2) is 13.6 Å². The number of nitrogens with two attached hydrogens (primary N) is 1. The summed E-state index contributed by atoms with van der Waals surface area (Å²) in [7, 11) is 1.96. The van der Waals surface area contributed by atoms with Crippen LogP contribution >= 0.6 is 0 Å². The first-order chi connectivity index (χ1) is 8.33.